The number of nitrogens with zero attached hydrogens (tertiary/aromatic N) is 2. The lowest BCUT2D eigenvalue weighted by Crippen LogP contribution is -2.06. The minimum atomic E-state index is 0.800. The van der Waals surface area contributed by atoms with Crippen LogP contribution in [-0.2, 0) is 6.54 Å². The zero-order chi connectivity index (χ0) is 14.3. The van der Waals surface area contributed by atoms with E-state index in [1.165, 1.54) is 28.2 Å². The van der Waals surface area contributed by atoms with E-state index in [1.807, 2.05) is 0 Å². The predicted octanol–water partition coefficient (Wildman–Crippen LogP) is 4.24. The van der Waals surface area contributed by atoms with Crippen LogP contribution in [-0.4, -0.2) is 9.38 Å². The summed E-state index contributed by atoms with van der Waals surface area (Å²) >= 11 is 1.70. The average molecular weight is 285 g/mol. The van der Waals surface area contributed by atoms with Gasteiger partial charge in [0.15, 0.2) is 4.96 Å². The fourth-order valence-electron chi connectivity index (χ4n) is 2.50. The van der Waals surface area contributed by atoms with Gasteiger partial charge in [0.05, 0.1) is 17.9 Å². The molecule has 4 heteroatoms. The molecule has 3 nitrogen and oxygen atoms in total. The Hall–Kier alpha value is -1.81. The summed E-state index contributed by atoms with van der Waals surface area (Å²) in [6, 6.07) is 6.38. The Balaban J connectivity index is 1.92. The first-order valence-electron chi connectivity index (χ1n) is 6.80. The number of aromatic nitrogens is 2. The van der Waals surface area contributed by atoms with Gasteiger partial charge in [-0.1, -0.05) is 12.1 Å². The number of rotatable bonds is 3. The summed E-state index contributed by atoms with van der Waals surface area (Å²) in [4.78, 5) is 5.71. The molecule has 1 N–H and O–H groups in total. The van der Waals surface area contributed by atoms with Gasteiger partial charge in [0.1, 0.15) is 0 Å². The summed E-state index contributed by atoms with van der Waals surface area (Å²) in [5.74, 6) is 0. The molecule has 0 atom stereocenters. The zero-order valence-corrected chi connectivity index (χ0v) is 13.1. The molecular formula is C16H19N3S. The van der Waals surface area contributed by atoms with E-state index in [4.69, 9.17) is 0 Å². The molecule has 3 rings (SSSR count). The molecule has 104 valence electrons. The van der Waals surface area contributed by atoms with Gasteiger partial charge in [-0.05, 0) is 44.9 Å². The van der Waals surface area contributed by atoms with Crippen LogP contribution in [0.3, 0.4) is 0 Å². The quantitative estimate of drug-likeness (QED) is 0.780. The molecule has 0 amide bonds. The number of imidazole rings is 1. The molecule has 3 aromatic rings. The van der Waals surface area contributed by atoms with E-state index in [-0.39, 0.29) is 0 Å². The summed E-state index contributed by atoms with van der Waals surface area (Å²) in [7, 11) is 0. The molecule has 1 aromatic carbocycles. The van der Waals surface area contributed by atoms with Gasteiger partial charge in [0.25, 0.3) is 0 Å². The third-order valence-electron chi connectivity index (χ3n) is 3.88. The maximum atomic E-state index is 4.63. The van der Waals surface area contributed by atoms with Crippen molar-refractivity contribution in [2.75, 3.05) is 5.32 Å². The first-order valence-corrected chi connectivity index (χ1v) is 7.68. The number of anilines is 1. The molecule has 2 heterocycles. The highest BCUT2D eigenvalue weighted by Crippen LogP contribution is 2.23. The summed E-state index contributed by atoms with van der Waals surface area (Å²) in [6.45, 7) is 9.32. The van der Waals surface area contributed by atoms with Gasteiger partial charge in [0.2, 0.25) is 0 Å². The second kappa shape index (κ2) is 4.94. The molecule has 0 radical (unpaired) electrons. The minimum Gasteiger partial charge on any atom is -0.379 e. The van der Waals surface area contributed by atoms with Crippen molar-refractivity contribution in [3.05, 3.63) is 51.8 Å². The predicted molar refractivity (Wildman–Crippen MR) is 85.8 cm³/mol. The van der Waals surface area contributed by atoms with Gasteiger partial charge in [-0.15, -0.1) is 11.3 Å². The van der Waals surface area contributed by atoms with Crippen molar-refractivity contribution < 1.29 is 0 Å². The topological polar surface area (TPSA) is 29.3 Å². The molecule has 0 aliphatic carbocycles. The maximum Gasteiger partial charge on any atom is 0.194 e. The van der Waals surface area contributed by atoms with E-state index >= 15 is 0 Å². The summed E-state index contributed by atoms with van der Waals surface area (Å²) < 4.78 is 2.25. The Bertz CT molecular complexity index is 767. The van der Waals surface area contributed by atoms with E-state index in [1.54, 1.807) is 11.3 Å². The van der Waals surface area contributed by atoms with Crippen LogP contribution in [0, 0.1) is 27.7 Å². The Kier molecular flexibility index (Phi) is 3.26. The highest BCUT2D eigenvalue weighted by Gasteiger charge is 2.12. The lowest BCUT2D eigenvalue weighted by molar-refractivity contribution is 0.964. The number of nitrogens with one attached hydrogen (secondary N) is 1. The van der Waals surface area contributed by atoms with Gasteiger partial charge < -0.3 is 5.32 Å². The van der Waals surface area contributed by atoms with Crippen molar-refractivity contribution in [2.45, 2.75) is 34.2 Å². The van der Waals surface area contributed by atoms with Gasteiger partial charge in [0, 0.05) is 16.8 Å². The highest BCUT2D eigenvalue weighted by atomic mass is 32.1. The van der Waals surface area contributed by atoms with E-state index in [9.17, 15) is 0 Å². The van der Waals surface area contributed by atoms with Gasteiger partial charge >= 0.3 is 0 Å². The molecule has 0 aliphatic heterocycles. The van der Waals surface area contributed by atoms with Crippen LogP contribution in [0.2, 0.25) is 0 Å². The van der Waals surface area contributed by atoms with Gasteiger partial charge in [-0.25, -0.2) is 4.98 Å². The van der Waals surface area contributed by atoms with Crippen LogP contribution in [0.15, 0.2) is 23.6 Å². The van der Waals surface area contributed by atoms with E-state index in [0.29, 0.717) is 0 Å². The van der Waals surface area contributed by atoms with Crippen molar-refractivity contribution in [1.29, 1.82) is 0 Å². The Morgan fingerprint density at radius 3 is 2.80 bits per heavy atom. The zero-order valence-electron chi connectivity index (χ0n) is 12.3. The van der Waals surface area contributed by atoms with Gasteiger partial charge in [-0.3, -0.25) is 4.40 Å². The maximum absolute atomic E-state index is 4.63. The van der Waals surface area contributed by atoms with Crippen LogP contribution < -0.4 is 5.32 Å². The molecule has 2 aromatic heterocycles. The number of hydrogen-bond donors (Lipinski definition) is 1. The average Bonchev–Trinajstić information content (AvgIpc) is 2.92. The number of benzene rings is 1. The van der Waals surface area contributed by atoms with Crippen LogP contribution in [0.4, 0.5) is 5.69 Å². The summed E-state index contributed by atoms with van der Waals surface area (Å²) in [5.41, 5.74) is 7.44. The molecule has 0 fully saturated rings. The number of hydrogen-bond acceptors (Lipinski definition) is 3. The van der Waals surface area contributed by atoms with E-state index in [2.05, 4.69) is 66.0 Å². The normalized spacial score (nSPS) is 11.2. The molecule has 0 spiro atoms. The fraction of sp³-hybridized carbons (Fsp3) is 0.312. The first-order chi connectivity index (χ1) is 9.58. The Morgan fingerprint density at radius 2 is 2.00 bits per heavy atom. The first kappa shape index (κ1) is 13.2. The molecule has 0 bridgehead atoms. The van der Waals surface area contributed by atoms with E-state index in [0.717, 1.165) is 17.2 Å². The van der Waals surface area contributed by atoms with Crippen molar-refractivity contribution in [3.63, 3.8) is 0 Å². The monoisotopic (exact) mass is 285 g/mol. The van der Waals surface area contributed by atoms with Crippen molar-refractivity contribution in [3.8, 4) is 0 Å². The molecule has 0 unspecified atom stereocenters. The number of thiazole rings is 1. The Labute approximate surface area is 123 Å². The van der Waals surface area contributed by atoms with E-state index < -0.39 is 0 Å². The van der Waals surface area contributed by atoms with Gasteiger partial charge in [-0.2, -0.15) is 0 Å². The molecule has 0 saturated heterocycles. The molecule has 20 heavy (non-hydrogen) atoms. The number of aryl methyl sites for hydroxylation is 3. The van der Waals surface area contributed by atoms with Crippen LogP contribution in [0.5, 0.6) is 0 Å². The SMILES string of the molecule is Cc1cccc(NCc2c(C)nc3scc(C)n23)c1C. The standard InChI is InChI=1S/C16H19N3S/c1-10-6-5-7-14(12(10)3)17-8-15-13(4)18-16-19(15)11(2)9-20-16/h5-7,9,17H,8H2,1-4H3. The third kappa shape index (κ3) is 2.10. The smallest absolute Gasteiger partial charge is 0.194 e. The fourth-order valence-corrected chi connectivity index (χ4v) is 3.43. The largest absolute Gasteiger partial charge is 0.379 e. The summed E-state index contributed by atoms with van der Waals surface area (Å²) in [5, 5.41) is 5.71. The lowest BCUT2D eigenvalue weighted by atomic mass is 10.1. The number of fused-ring (bicyclic) bond motifs is 1. The highest BCUT2D eigenvalue weighted by molar-refractivity contribution is 7.15. The van der Waals surface area contributed by atoms with Crippen LogP contribution in [0.1, 0.15) is 28.2 Å². The van der Waals surface area contributed by atoms with Crippen molar-refractivity contribution in [2.24, 2.45) is 0 Å². The van der Waals surface area contributed by atoms with Crippen molar-refractivity contribution >= 4 is 22.0 Å². The minimum absolute atomic E-state index is 0.800. The second-order valence-electron chi connectivity index (χ2n) is 5.24. The van der Waals surface area contributed by atoms with Crippen molar-refractivity contribution in [1.82, 2.24) is 9.38 Å². The molecule has 0 saturated carbocycles. The third-order valence-corrected chi connectivity index (χ3v) is 4.82. The summed E-state index contributed by atoms with van der Waals surface area (Å²) in [6.07, 6.45) is 0. The second-order valence-corrected chi connectivity index (χ2v) is 6.08. The molecule has 0 aliphatic rings. The van der Waals surface area contributed by atoms with Crippen LogP contribution >= 0.6 is 11.3 Å². The molecular weight excluding hydrogens is 266 g/mol. The Morgan fingerprint density at radius 1 is 1.20 bits per heavy atom. The van der Waals surface area contributed by atoms with Crippen LogP contribution in [0.25, 0.3) is 4.96 Å². The lowest BCUT2D eigenvalue weighted by Gasteiger charge is -2.12.